The number of non-ortho nitro benzene ring substituents is 1. The number of benzene rings is 1. The number of nitro groups is 1. The van der Waals surface area contributed by atoms with Gasteiger partial charge in [0.25, 0.3) is 5.69 Å². The Labute approximate surface area is 103 Å². The fourth-order valence-electron chi connectivity index (χ4n) is 1.60. The highest BCUT2D eigenvalue weighted by Gasteiger charge is 2.13. The van der Waals surface area contributed by atoms with Crippen molar-refractivity contribution in [1.29, 1.82) is 5.26 Å². The van der Waals surface area contributed by atoms with Gasteiger partial charge in [-0.15, -0.1) is 0 Å². The van der Waals surface area contributed by atoms with Crippen LogP contribution in [0.5, 0.6) is 0 Å². The first-order valence-corrected chi connectivity index (χ1v) is 4.65. The number of aromatic nitrogens is 1. The van der Waals surface area contributed by atoms with Crippen LogP contribution in [-0.2, 0) is 6.54 Å². The summed E-state index contributed by atoms with van der Waals surface area (Å²) in [6, 6.07) is 8.57. The molecule has 0 aliphatic carbocycles. The molecule has 5 nitrogen and oxygen atoms in total. The second kappa shape index (κ2) is 5.23. The maximum atomic E-state index is 10.8. The van der Waals surface area contributed by atoms with Gasteiger partial charge in [-0.2, -0.15) is 9.83 Å². The lowest BCUT2D eigenvalue weighted by atomic mass is 10.1. The van der Waals surface area contributed by atoms with E-state index in [9.17, 15) is 10.1 Å². The average Bonchev–Trinajstić information content (AvgIpc) is 2.28. The predicted octanol–water partition coefficient (Wildman–Crippen LogP) is -1.44. The summed E-state index contributed by atoms with van der Waals surface area (Å²) in [4.78, 5) is 10.4. The van der Waals surface area contributed by atoms with Gasteiger partial charge in [-0.1, -0.05) is 6.07 Å². The van der Waals surface area contributed by atoms with E-state index in [-0.39, 0.29) is 24.6 Å². The van der Waals surface area contributed by atoms with Crippen LogP contribution in [0, 0.1) is 21.4 Å². The van der Waals surface area contributed by atoms with Crippen molar-refractivity contribution in [2.45, 2.75) is 6.54 Å². The first kappa shape index (κ1) is 12.9. The molecule has 0 atom stereocenters. The summed E-state index contributed by atoms with van der Waals surface area (Å²) in [6.45, 7) is 0.235. The predicted molar refractivity (Wildman–Crippen MR) is 56.4 cm³/mol. The quantitative estimate of drug-likeness (QED) is 0.372. The zero-order valence-corrected chi connectivity index (χ0v) is 9.46. The van der Waals surface area contributed by atoms with E-state index in [2.05, 4.69) is 0 Å². The summed E-state index contributed by atoms with van der Waals surface area (Å²) < 4.78 is 1.69. The van der Waals surface area contributed by atoms with Crippen LogP contribution in [-0.4, -0.2) is 4.92 Å². The average molecular weight is 250 g/mol. The number of hydrogen-bond donors (Lipinski definition) is 0. The maximum Gasteiger partial charge on any atom is 0.277 e. The molecule has 2 aromatic rings. The highest BCUT2D eigenvalue weighted by atomic mass is 35.5. The minimum absolute atomic E-state index is 0. The van der Waals surface area contributed by atoms with Gasteiger partial charge in [0.05, 0.1) is 15.7 Å². The third kappa shape index (κ3) is 2.49. The molecular weight excluding hydrogens is 242 g/mol. The smallest absolute Gasteiger partial charge is 0.277 e. The summed E-state index contributed by atoms with van der Waals surface area (Å²) in [6.07, 6.45) is 3.39. The molecule has 0 amide bonds. The van der Waals surface area contributed by atoms with Crippen molar-refractivity contribution in [3.8, 4) is 6.07 Å². The molecular formula is C11H8ClN3O2. The normalized spacial score (nSPS) is 9.35. The van der Waals surface area contributed by atoms with Crippen molar-refractivity contribution in [1.82, 2.24) is 0 Å². The molecule has 0 N–H and O–H groups in total. The third-order valence-electron chi connectivity index (χ3n) is 2.30. The van der Waals surface area contributed by atoms with Gasteiger partial charge in [-0.3, -0.25) is 10.1 Å². The van der Waals surface area contributed by atoms with Gasteiger partial charge in [0.2, 0.25) is 6.54 Å². The molecule has 1 aromatic carbocycles. The Balaban J connectivity index is 0.00000144. The summed E-state index contributed by atoms with van der Waals surface area (Å²) in [5, 5.41) is 20.7. The number of nitro benzene ring substituents is 1. The molecule has 6 heteroatoms. The molecule has 0 aliphatic heterocycles. The Bertz CT molecular complexity index is 607. The van der Waals surface area contributed by atoms with E-state index in [1.54, 1.807) is 35.2 Å². The second-order valence-electron chi connectivity index (χ2n) is 3.31. The van der Waals surface area contributed by atoms with Crippen LogP contribution in [0.3, 0.4) is 0 Å². The first-order valence-electron chi connectivity index (χ1n) is 4.65. The molecule has 0 unspecified atom stereocenters. The van der Waals surface area contributed by atoms with Gasteiger partial charge >= 0.3 is 0 Å². The van der Waals surface area contributed by atoms with Crippen molar-refractivity contribution >= 4 is 16.5 Å². The molecule has 1 aromatic heterocycles. The first-order chi connectivity index (χ1) is 7.72. The van der Waals surface area contributed by atoms with E-state index in [0.717, 1.165) is 5.39 Å². The Kier molecular flexibility index (Phi) is 3.96. The monoisotopic (exact) mass is 249 g/mol. The van der Waals surface area contributed by atoms with E-state index >= 15 is 0 Å². The molecule has 0 saturated heterocycles. The van der Waals surface area contributed by atoms with Crippen LogP contribution >= 0.6 is 0 Å². The van der Waals surface area contributed by atoms with Crippen molar-refractivity contribution in [3.05, 3.63) is 46.8 Å². The molecule has 17 heavy (non-hydrogen) atoms. The van der Waals surface area contributed by atoms with Crippen molar-refractivity contribution in [2.75, 3.05) is 0 Å². The van der Waals surface area contributed by atoms with Crippen LogP contribution in [0.1, 0.15) is 0 Å². The van der Waals surface area contributed by atoms with Crippen LogP contribution in [0.2, 0.25) is 0 Å². The number of halogens is 1. The Hall–Kier alpha value is -2.19. The van der Waals surface area contributed by atoms with Crippen LogP contribution in [0.4, 0.5) is 5.69 Å². The molecule has 1 heterocycles. The second-order valence-corrected chi connectivity index (χ2v) is 3.31. The van der Waals surface area contributed by atoms with E-state index < -0.39 is 4.92 Å². The Morgan fingerprint density at radius 1 is 1.41 bits per heavy atom. The highest BCUT2D eigenvalue weighted by molar-refractivity contribution is 5.89. The van der Waals surface area contributed by atoms with Crippen molar-refractivity contribution in [2.24, 2.45) is 0 Å². The fourth-order valence-corrected chi connectivity index (χ4v) is 1.60. The van der Waals surface area contributed by atoms with E-state index in [1.165, 1.54) is 6.07 Å². The lowest BCUT2D eigenvalue weighted by Gasteiger charge is -1.97. The summed E-state index contributed by atoms with van der Waals surface area (Å²) >= 11 is 0. The van der Waals surface area contributed by atoms with Crippen molar-refractivity contribution < 1.29 is 21.9 Å². The van der Waals surface area contributed by atoms with Crippen LogP contribution < -0.4 is 17.0 Å². The van der Waals surface area contributed by atoms with Crippen LogP contribution in [0.15, 0.2) is 36.7 Å². The number of fused-ring (bicyclic) bond motifs is 1. The number of pyridine rings is 1. The molecule has 2 rings (SSSR count). The van der Waals surface area contributed by atoms with Gasteiger partial charge < -0.3 is 12.4 Å². The lowest BCUT2D eigenvalue weighted by Crippen LogP contribution is -3.00. The highest BCUT2D eigenvalue weighted by Crippen LogP contribution is 2.23. The molecule has 0 radical (unpaired) electrons. The van der Waals surface area contributed by atoms with E-state index in [4.69, 9.17) is 5.26 Å². The number of nitrogens with zero attached hydrogens (tertiary/aromatic N) is 3. The van der Waals surface area contributed by atoms with Crippen molar-refractivity contribution in [3.63, 3.8) is 0 Å². The van der Waals surface area contributed by atoms with E-state index in [0.29, 0.717) is 5.39 Å². The minimum atomic E-state index is -0.406. The molecule has 86 valence electrons. The van der Waals surface area contributed by atoms with Gasteiger partial charge in [0.15, 0.2) is 12.4 Å². The number of rotatable bonds is 2. The molecule has 0 aliphatic rings. The minimum Gasteiger partial charge on any atom is -1.00 e. The van der Waals surface area contributed by atoms with Gasteiger partial charge in [-0.25, -0.2) is 0 Å². The summed E-state index contributed by atoms with van der Waals surface area (Å²) in [5.41, 5.74) is 0.0848. The largest absolute Gasteiger partial charge is 1.00 e. The van der Waals surface area contributed by atoms with Gasteiger partial charge in [0, 0.05) is 12.1 Å². The molecule has 0 spiro atoms. The zero-order chi connectivity index (χ0) is 11.5. The summed E-state index contributed by atoms with van der Waals surface area (Å²) in [5.74, 6) is 0. The zero-order valence-electron chi connectivity index (χ0n) is 8.71. The fraction of sp³-hybridized carbons (Fsp3) is 0.0909. The topological polar surface area (TPSA) is 70.8 Å². The van der Waals surface area contributed by atoms with Crippen LogP contribution in [0.25, 0.3) is 10.8 Å². The Morgan fingerprint density at radius 3 is 2.82 bits per heavy atom. The third-order valence-corrected chi connectivity index (χ3v) is 2.30. The molecule has 0 fully saturated rings. The SMILES string of the molecule is N#CC[n+]1ccc2c([N+](=O)[O-])cccc2c1.[Cl-]. The van der Waals surface area contributed by atoms with E-state index in [1.807, 2.05) is 6.07 Å². The number of nitriles is 1. The van der Waals surface area contributed by atoms with Gasteiger partial charge in [0.1, 0.15) is 6.07 Å². The molecule has 0 bridgehead atoms. The van der Waals surface area contributed by atoms with Gasteiger partial charge in [-0.05, 0) is 6.07 Å². The summed E-state index contributed by atoms with van der Waals surface area (Å²) in [7, 11) is 0. The lowest BCUT2D eigenvalue weighted by molar-refractivity contribution is -0.683. The maximum absolute atomic E-state index is 10.8. The standard InChI is InChI=1S/C11H8N3O2.ClH/c12-5-7-13-6-4-10-9(8-13)2-1-3-11(10)14(15)16;/h1-4,6,8H,7H2;1H/q+1;/p-1. The number of hydrogen-bond acceptors (Lipinski definition) is 3. The molecule has 0 saturated carbocycles. The Morgan fingerprint density at radius 2 is 2.18 bits per heavy atom.